The Labute approximate surface area is 121 Å². The fraction of sp³-hybridized carbons (Fsp3) is 0.667. The molecule has 120 valence electrons. The normalized spacial score (nSPS) is 13.3. The molecule has 2 amide bonds. The highest BCUT2D eigenvalue weighted by atomic mass is 16.4. The molecule has 0 aliphatic heterocycles. The molecule has 6 N–H and O–H groups in total. The van der Waals surface area contributed by atoms with Crippen molar-refractivity contribution in [2.75, 3.05) is 6.54 Å². The van der Waals surface area contributed by atoms with Gasteiger partial charge in [-0.05, 0) is 12.3 Å². The van der Waals surface area contributed by atoms with Crippen molar-refractivity contribution in [2.45, 2.75) is 38.8 Å². The lowest BCUT2D eigenvalue weighted by Crippen LogP contribution is -2.53. The van der Waals surface area contributed by atoms with Crippen LogP contribution in [0.5, 0.6) is 0 Å². The number of nitrogens with one attached hydrogen (secondary N) is 2. The predicted molar refractivity (Wildman–Crippen MR) is 72.3 cm³/mol. The molecular formula is C12H21N3O6. The van der Waals surface area contributed by atoms with Crippen LogP contribution in [-0.4, -0.2) is 52.6 Å². The summed E-state index contributed by atoms with van der Waals surface area (Å²) in [5.74, 6) is -3.96. The maximum Gasteiger partial charge on any atom is 0.322 e. The van der Waals surface area contributed by atoms with Gasteiger partial charge in [-0.15, -0.1) is 0 Å². The third-order valence-electron chi connectivity index (χ3n) is 2.49. The van der Waals surface area contributed by atoms with Gasteiger partial charge in [-0.2, -0.15) is 0 Å². The molecular weight excluding hydrogens is 282 g/mol. The number of carbonyl (C=O) groups excluding carboxylic acids is 2. The minimum atomic E-state index is -1.37. The first kappa shape index (κ1) is 18.8. The third kappa shape index (κ3) is 8.58. The zero-order valence-electron chi connectivity index (χ0n) is 12.0. The van der Waals surface area contributed by atoms with Crippen LogP contribution in [0, 0.1) is 5.92 Å². The molecule has 0 fully saturated rings. The Bertz CT molecular complexity index is 410. The van der Waals surface area contributed by atoms with Crippen molar-refractivity contribution in [2.24, 2.45) is 11.7 Å². The molecule has 0 heterocycles. The van der Waals surface area contributed by atoms with Crippen molar-refractivity contribution in [3.63, 3.8) is 0 Å². The lowest BCUT2D eigenvalue weighted by Gasteiger charge is -2.19. The maximum atomic E-state index is 11.8. The van der Waals surface area contributed by atoms with Crippen LogP contribution in [0.3, 0.4) is 0 Å². The van der Waals surface area contributed by atoms with E-state index in [1.807, 2.05) is 19.2 Å². The van der Waals surface area contributed by atoms with E-state index in [1.165, 1.54) is 0 Å². The molecule has 0 radical (unpaired) electrons. The Kier molecular flexibility index (Phi) is 7.99. The Morgan fingerprint density at radius 2 is 1.62 bits per heavy atom. The summed E-state index contributed by atoms with van der Waals surface area (Å²) in [5.41, 5.74) is 5.63. The third-order valence-corrected chi connectivity index (χ3v) is 2.49. The predicted octanol–water partition coefficient (Wildman–Crippen LogP) is -1.48. The summed E-state index contributed by atoms with van der Waals surface area (Å²) in [7, 11) is 0. The molecule has 2 atom stereocenters. The highest BCUT2D eigenvalue weighted by Crippen LogP contribution is 2.03. The first-order valence-electron chi connectivity index (χ1n) is 6.40. The topological polar surface area (TPSA) is 159 Å². The van der Waals surface area contributed by atoms with Crippen molar-refractivity contribution < 1.29 is 29.4 Å². The van der Waals surface area contributed by atoms with Gasteiger partial charge >= 0.3 is 11.9 Å². The molecule has 21 heavy (non-hydrogen) atoms. The number of nitrogens with two attached hydrogens (primary N) is 1. The molecule has 0 bridgehead atoms. The molecule has 9 nitrogen and oxygen atoms in total. The van der Waals surface area contributed by atoms with E-state index in [0.717, 1.165) is 0 Å². The van der Waals surface area contributed by atoms with Crippen LogP contribution in [0.4, 0.5) is 0 Å². The highest BCUT2D eigenvalue weighted by Gasteiger charge is 2.26. The Balaban J connectivity index is 4.68. The molecule has 0 aromatic rings. The average Bonchev–Trinajstić information content (AvgIpc) is 2.33. The second-order valence-electron chi connectivity index (χ2n) is 5.01. The van der Waals surface area contributed by atoms with Crippen LogP contribution in [0.25, 0.3) is 0 Å². The smallest absolute Gasteiger partial charge is 0.322 e. The molecule has 0 saturated heterocycles. The summed E-state index contributed by atoms with van der Waals surface area (Å²) in [6.45, 7) is 3.06. The number of hydrogen-bond donors (Lipinski definition) is 5. The van der Waals surface area contributed by atoms with Gasteiger partial charge in [-0.1, -0.05) is 13.8 Å². The van der Waals surface area contributed by atoms with Crippen LogP contribution in [0.1, 0.15) is 26.7 Å². The van der Waals surface area contributed by atoms with E-state index in [2.05, 4.69) is 5.32 Å². The van der Waals surface area contributed by atoms with Crippen molar-refractivity contribution >= 4 is 23.8 Å². The minimum Gasteiger partial charge on any atom is -0.481 e. The molecule has 9 heteroatoms. The highest BCUT2D eigenvalue weighted by molar-refractivity contribution is 5.93. The fourth-order valence-electron chi connectivity index (χ4n) is 1.56. The Morgan fingerprint density at radius 3 is 2.05 bits per heavy atom. The standard InChI is InChI=1S/C12H21N3O6/c1-6(2)3-7(13)11(20)15-8(4-9(16)17)12(21)14-5-10(18)19/h6-8H,3-5,13H2,1-2H3,(H,14,21)(H,15,20)(H,16,17)(H,18,19). The first-order valence-corrected chi connectivity index (χ1v) is 6.40. The molecule has 0 spiro atoms. The van der Waals surface area contributed by atoms with Gasteiger partial charge in [0.1, 0.15) is 12.6 Å². The van der Waals surface area contributed by atoms with E-state index < -0.39 is 48.8 Å². The summed E-state index contributed by atoms with van der Waals surface area (Å²) >= 11 is 0. The summed E-state index contributed by atoms with van der Waals surface area (Å²) in [6, 6.07) is -2.24. The van der Waals surface area contributed by atoms with E-state index in [4.69, 9.17) is 15.9 Å². The summed E-state index contributed by atoms with van der Waals surface area (Å²) in [4.78, 5) is 44.5. The van der Waals surface area contributed by atoms with Gasteiger partial charge in [0.15, 0.2) is 0 Å². The van der Waals surface area contributed by atoms with Crippen molar-refractivity contribution in [1.82, 2.24) is 10.6 Å². The minimum absolute atomic E-state index is 0.157. The maximum absolute atomic E-state index is 11.8. The van der Waals surface area contributed by atoms with Crippen molar-refractivity contribution in [1.29, 1.82) is 0 Å². The monoisotopic (exact) mass is 303 g/mol. The van der Waals surface area contributed by atoms with Gasteiger partial charge in [0.05, 0.1) is 12.5 Å². The van der Waals surface area contributed by atoms with Crippen LogP contribution in [-0.2, 0) is 19.2 Å². The van der Waals surface area contributed by atoms with Gasteiger partial charge in [0.25, 0.3) is 0 Å². The average molecular weight is 303 g/mol. The van der Waals surface area contributed by atoms with Crippen LogP contribution >= 0.6 is 0 Å². The van der Waals surface area contributed by atoms with Crippen LogP contribution in [0.2, 0.25) is 0 Å². The van der Waals surface area contributed by atoms with Crippen molar-refractivity contribution in [3.8, 4) is 0 Å². The van der Waals surface area contributed by atoms with Gasteiger partial charge < -0.3 is 26.6 Å². The Morgan fingerprint density at radius 1 is 1.05 bits per heavy atom. The Hall–Kier alpha value is -2.16. The van der Waals surface area contributed by atoms with Crippen LogP contribution < -0.4 is 16.4 Å². The fourth-order valence-corrected chi connectivity index (χ4v) is 1.56. The molecule has 0 aromatic carbocycles. The molecule has 2 unspecified atom stereocenters. The number of carbonyl (C=O) groups is 4. The van der Waals surface area contributed by atoms with E-state index in [9.17, 15) is 19.2 Å². The zero-order valence-corrected chi connectivity index (χ0v) is 12.0. The lowest BCUT2D eigenvalue weighted by atomic mass is 10.0. The molecule has 0 rings (SSSR count). The van der Waals surface area contributed by atoms with E-state index >= 15 is 0 Å². The largest absolute Gasteiger partial charge is 0.481 e. The van der Waals surface area contributed by atoms with Gasteiger partial charge in [0.2, 0.25) is 11.8 Å². The summed E-state index contributed by atoms with van der Waals surface area (Å²) in [5, 5.41) is 21.4. The first-order chi connectivity index (χ1) is 9.63. The number of amides is 2. The van der Waals surface area contributed by atoms with E-state index in [0.29, 0.717) is 6.42 Å². The summed E-state index contributed by atoms with van der Waals surface area (Å²) in [6.07, 6.45) is -0.284. The van der Waals surface area contributed by atoms with Gasteiger partial charge in [-0.25, -0.2) is 0 Å². The van der Waals surface area contributed by atoms with E-state index in [1.54, 1.807) is 0 Å². The van der Waals surface area contributed by atoms with E-state index in [-0.39, 0.29) is 5.92 Å². The number of carboxylic acid groups (broad SMARTS) is 2. The van der Waals surface area contributed by atoms with Gasteiger partial charge in [0, 0.05) is 0 Å². The molecule has 0 aliphatic carbocycles. The number of aliphatic carboxylic acids is 2. The number of rotatable bonds is 9. The van der Waals surface area contributed by atoms with Crippen LogP contribution in [0.15, 0.2) is 0 Å². The number of hydrogen-bond acceptors (Lipinski definition) is 5. The molecule has 0 aromatic heterocycles. The second kappa shape index (κ2) is 8.90. The lowest BCUT2D eigenvalue weighted by molar-refractivity contribution is -0.141. The number of carboxylic acids is 2. The summed E-state index contributed by atoms with van der Waals surface area (Å²) < 4.78 is 0. The van der Waals surface area contributed by atoms with Gasteiger partial charge in [-0.3, -0.25) is 19.2 Å². The zero-order chi connectivity index (χ0) is 16.6. The second-order valence-corrected chi connectivity index (χ2v) is 5.01. The quantitative estimate of drug-likeness (QED) is 0.347. The SMILES string of the molecule is CC(C)CC(N)C(=O)NC(CC(=O)O)C(=O)NCC(=O)O. The molecule has 0 aliphatic rings. The molecule has 0 saturated carbocycles. The van der Waals surface area contributed by atoms with Crippen molar-refractivity contribution in [3.05, 3.63) is 0 Å².